The largest absolute Gasteiger partial charge is 0.512 e. The Balaban J connectivity index is -0.0000000973. The van der Waals surface area contributed by atoms with Crippen LogP contribution in [0.25, 0.3) is 0 Å². The summed E-state index contributed by atoms with van der Waals surface area (Å²) in [4.78, 5) is 83.1. The van der Waals surface area contributed by atoms with Crippen LogP contribution in [0.3, 0.4) is 0 Å². The molecule has 7 N–H and O–H groups in total. The van der Waals surface area contributed by atoms with Crippen LogP contribution in [0.15, 0.2) is 82.8 Å². The van der Waals surface area contributed by atoms with Crippen LogP contribution in [-0.4, -0.2) is 218 Å². The van der Waals surface area contributed by atoms with Crippen LogP contribution >= 0.6 is 0 Å². The fraction of sp³-hybridized carbons (Fsp3) is 0.756. The molecule has 0 aromatic carbocycles. The van der Waals surface area contributed by atoms with Crippen LogP contribution in [0.1, 0.15) is 152 Å². The fourth-order valence-corrected chi connectivity index (χ4v) is 23.4. The number of carbonyl (C=O) groups excluding carboxylic acids is 7. The summed E-state index contributed by atoms with van der Waals surface area (Å²) in [6, 6.07) is 0. The minimum absolute atomic E-state index is 0. The molecular weight excluding hydrogens is 2140 g/mol. The van der Waals surface area contributed by atoms with E-state index in [2.05, 4.69) is 0 Å². The maximum atomic E-state index is 12.4. The summed E-state index contributed by atoms with van der Waals surface area (Å²) in [6.45, 7) is 99.8. The van der Waals surface area contributed by atoms with Gasteiger partial charge in [0.05, 0.1) is 29.5 Å². The SMILES string of the molecule is CC(C)(O[Si](C)(C)C)C(=O)C=C(O)C(C)(C)O[Si](C)(C)C.CC(C)C(O)=CC(=O)C(C)(C)O[Si](C)(C)C.CC(C)C(O)=CC(=O)C(C)O[Si](C)(C)C.CC(O)=CC(=O)C(C)O[Si](C)(C)C.CC(O[Si](C)(C)C)C(=O)C=C(O)C(C)(C)C.CC(O[Si](C)(C)C)C(=O)C=C(O)C(C)O[Si](C)(C)C.CC(O[Si](C)(C)C)C(O)=CC(=O)C(C)(C)O[Si](C)(C)C.[Cu].[Cu].[Cu].[Cu].[Cu].[Cu].[Cu]. The Bertz CT molecular complexity index is 3430. The second-order valence-corrected chi connectivity index (χ2v) is 88.0. The maximum Gasteiger partial charge on any atom is 0.189 e. The number of aliphatic hydroxyl groups excluding tert-OH is 7. The third-order valence-corrected chi connectivity index (χ3v) is 25.1. The van der Waals surface area contributed by atoms with E-state index in [0.29, 0.717) is 0 Å². The molecule has 0 aromatic heterocycles. The molecule has 7 radical (unpaired) electrons. The van der Waals surface area contributed by atoms with Gasteiger partial charge >= 0.3 is 0 Å². The zero-order valence-corrected chi connectivity index (χ0v) is 104. The Morgan fingerprint density at radius 3 is 0.606 bits per heavy atom. The van der Waals surface area contributed by atoms with Gasteiger partial charge in [-0.2, -0.15) is 0 Å². The van der Waals surface area contributed by atoms with Gasteiger partial charge in [-0.15, -0.1) is 0 Å². The molecule has 0 fully saturated rings. The molecule has 0 aliphatic carbocycles. The van der Waals surface area contributed by atoms with Crippen molar-refractivity contribution in [1.82, 2.24) is 0 Å². The van der Waals surface area contributed by atoms with Crippen LogP contribution in [0.4, 0.5) is 0 Å². The number of ketones is 7. The molecule has 0 aliphatic heterocycles. The van der Waals surface area contributed by atoms with Crippen molar-refractivity contribution in [3.8, 4) is 0 Å². The Morgan fingerprint density at radius 1 is 0.228 bits per heavy atom. The van der Waals surface area contributed by atoms with E-state index in [1.54, 1.807) is 96.9 Å². The second-order valence-electron chi connectivity index (χ2n) is 43.5. The molecular formula is C86H178Cu7O24Si10. The summed E-state index contributed by atoms with van der Waals surface area (Å²) < 4.78 is 57.5. The van der Waals surface area contributed by atoms with Crippen LogP contribution in [0.2, 0.25) is 196 Å². The van der Waals surface area contributed by atoms with E-state index in [1.807, 2.05) is 245 Å². The zero-order valence-electron chi connectivity index (χ0n) is 87.3. The van der Waals surface area contributed by atoms with Gasteiger partial charge in [-0.25, -0.2) is 0 Å². The van der Waals surface area contributed by atoms with Gasteiger partial charge in [0.25, 0.3) is 0 Å². The van der Waals surface area contributed by atoms with Gasteiger partial charge in [0.1, 0.15) is 69.9 Å². The average Bonchev–Trinajstić information content (AvgIpc) is 0.831. The normalized spacial score (nSPS) is 14.9. The van der Waals surface area contributed by atoms with E-state index < -0.39 is 148 Å². The number of rotatable bonds is 39. The van der Waals surface area contributed by atoms with Crippen molar-refractivity contribution in [2.45, 2.75) is 408 Å². The summed E-state index contributed by atoms with van der Waals surface area (Å²) in [5.41, 5.74) is -3.97. The fourth-order valence-electron chi connectivity index (χ4n) is 9.77. The summed E-state index contributed by atoms with van der Waals surface area (Å²) in [6.07, 6.45) is 5.94. The summed E-state index contributed by atoms with van der Waals surface area (Å²) in [5, 5.41) is 67.7. The molecule has 0 saturated heterocycles. The minimum Gasteiger partial charge on any atom is -0.512 e. The molecule has 0 aromatic rings. The second kappa shape index (κ2) is 65.7. The standard InChI is InChI=1S/C15H32O4Si2.C14H30O4Si2.C13H28O4Si2.2C12H24O3Si.C11H22O3Si.C9H18O3Si.7Cu/c1-14(2,18-20(5,6)7)12(16)11-13(17)15(3,4)19-21(8,9)10;1-11(17-19(4,5)6)12(15)10-13(16)14(2,3)18-20(7,8)9;1-10(16-18(3,4)5)12(14)9-13(15)11(2)17-19(6,7)8;1-9(15-16(5,6)7)10(13)8-11(14)12(2,3)4;1-9(2)10(13)8-11(14)12(3,4)15-16(5,6)7;1-8(2)10(12)7-11(13)9(3)14-15(4,5)6;1-7(10)6-9(11)8(2)12-13(3,4)5;;;;;;;/h11,16H,1-10H3;10-11,15H,1-9H3;9-11,14H,1-8H3;8-9,14H,1-7H3;8-9,13H,1-7H3;7-9,12H,1-6H3;6,8,10H,1-5H3;;;;;;;. The average molecular weight is 2320 g/mol. The monoisotopic (exact) mass is 2320 g/mol. The van der Waals surface area contributed by atoms with Gasteiger partial charge in [-0.1, -0.05) is 48.5 Å². The van der Waals surface area contributed by atoms with Gasteiger partial charge in [-0.05, 0) is 300 Å². The summed E-state index contributed by atoms with van der Waals surface area (Å²) in [7, 11) is -17.6. The summed E-state index contributed by atoms with van der Waals surface area (Å²) in [5.74, 6) is -1.21. The maximum absolute atomic E-state index is 12.4. The van der Waals surface area contributed by atoms with Crippen LogP contribution in [-0.2, 0) is 197 Å². The predicted molar refractivity (Wildman–Crippen MR) is 522 cm³/mol. The van der Waals surface area contributed by atoms with E-state index in [0.717, 1.165) is 0 Å². The topological polar surface area (TPSA) is 353 Å². The molecule has 0 saturated carbocycles. The molecule has 0 aliphatic rings. The molecule has 127 heavy (non-hydrogen) atoms. The number of aliphatic hydroxyl groups is 7. The molecule has 6 unspecified atom stereocenters. The van der Waals surface area contributed by atoms with E-state index in [1.165, 1.54) is 49.5 Å². The predicted octanol–water partition coefficient (Wildman–Crippen LogP) is 23.3. The van der Waals surface area contributed by atoms with E-state index in [-0.39, 0.29) is 212 Å². The first-order valence-electron chi connectivity index (χ1n) is 41.6. The molecule has 41 heteroatoms. The first-order valence-corrected chi connectivity index (χ1v) is 75.7. The van der Waals surface area contributed by atoms with Gasteiger partial charge in [-0.3, -0.25) is 33.6 Å². The van der Waals surface area contributed by atoms with Crippen molar-refractivity contribution >= 4 is 124 Å². The Hall–Kier alpha value is -0.125. The molecule has 6 atom stereocenters. The van der Waals surface area contributed by atoms with E-state index >= 15 is 0 Å². The molecule has 0 bridgehead atoms. The molecule has 0 amide bonds. The number of hydrogen-bond donors (Lipinski definition) is 7. The Kier molecular flexibility index (Phi) is 81.6. The number of carbonyl (C=O) groups is 7. The third kappa shape index (κ3) is 93.3. The first kappa shape index (κ1) is 158. The van der Waals surface area contributed by atoms with Gasteiger partial charge in [0, 0.05) is 179 Å². The van der Waals surface area contributed by atoms with E-state index in [4.69, 9.17) is 49.4 Å². The van der Waals surface area contributed by atoms with Gasteiger partial charge in [0.2, 0.25) is 0 Å². The van der Waals surface area contributed by atoms with Crippen LogP contribution in [0.5, 0.6) is 0 Å². The quantitative estimate of drug-likeness (QED) is 0.0171. The van der Waals surface area contributed by atoms with Crippen molar-refractivity contribution in [3.05, 3.63) is 82.8 Å². The first-order chi connectivity index (χ1) is 52.2. The van der Waals surface area contributed by atoms with Crippen molar-refractivity contribution in [1.29, 1.82) is 0 Å². The van der Waals surface area contributed by atoms with Crippen LogP contribution in [0, 0.1) is 17.3 Å². The molecule has 783 valence electrons. The zero-order chi connectivity index (χ0) is 98.2. The molecule has 24 nitrogen and oxygen atoms in total. The molecule has 0 rings (SSSR count). The molecule has 0 spiro atoms. The van der Waals surface area contributed by atoms with Gasteiger partial charge < -0.3 is 80.0 Å². The minimum atomic E-state index is -1.85. The Labute approximate surface area is 856 Å². The summed E-state index contributed by atoms with van der Waals surface area (Å²) >= 11 is 0. The number of allylic oxidation sites excluding steroid dienone is 4. The van der Waals surface area contributed by atoms with Crippen molar-refractivity contribution in [2.24, 2.45) is 17.3 Å². The van der Waals surface area contributed by atoms with Gasteiger partial charge in [0.15, 0.2) is 124 Å². The Morgan fingerprint density at radius 2 is 0.402 bits per heavy atom. The van der Waals surface area contributed by atoms with E-state index in [9.17, 15) is 64.2 Å². The van der Waals surface area contributed by atoms with Crippen molar-refractivity contribution < 1.29 is 233 Å². The number of hydrogen-bond acceptors (Lipinski definition) is 24. The third-order valence-electron chi connectivity index (χ3n) is 14.2. The van der Waals surface area contributed by atoms with Crippen LogP contribution < -0.4 is 0 Å². The van der Waals surface area contributed by atoms with Crippen molar-refractivity contribution in [2.75, 3.05) is 0 Å². The smallest absolute Gasteiger partial charge is 0.189 e. The molecule has 0 heterocycles. The van der Waals surface area contributed by atoms with Crippen molar-refractivity contribution in [3.63, 3.8) is 0 Å².